The van der Waals surface area contributed by atoms with Crippen molar-refractivity contribution in [3.05, 3.63) is 59.2 Å². The molecular weight excluding hydrogens is 246 g/mol. The highest BCUT2D eigenvalue weighted by atomic mass is 16.5. The van der Waals surface area contributed by atoms with E-state index in [0.29, 0.717) is 5.92 Å². The van der Waals surface area contributed by atoms with Crippen molar-refractivity contribution in [2.24, 2.45) is 0 Å². The van der Waals surface area contributed by atoms with E-state index in [1.807, 2.05) is 19.2 Å². The zero-order valence-corrected chi connectivity index (χ0v) is 12.7. The van der Waals surface area contributed by atoms with Gasteiger partial charge in [-0.15, -0.1) is 0 Å². The van der Waals surface area contributed by atoms with Crippen LogP contribution in [-0.2, 0) is 6.54 Å². The van der Waals surface area contributed by atoms with Gasteiger partial charge in [-0.1, -0.05) is 43.7 Å². The summed E-state index contributed by atoms with van der Waals surface area (Å²) in [6.07, 6.45) is 0. The second-order valence-corrected chi connectivity index (χ2v) is 5.47. The molecule has 0 saturated carbocycles. The topological polar surface area (TPSA) is 21.3 Å². The molecule has 1 N–H and O–H groups in total. The number of nitrogens with one attached hydrogen (secondary N) is 1. The van der Waals surface area contributed by atoms with E-state index in [0.717, 1.165) is 18.0 Å². The standard InChI is InChI=1S/C18H23NO/c1-13(2)15-6-5-7-17(11-15)20-18-9-8-14(3)10-16(18)12-19-4/h5-11,13,19H,12H2,1-4H3. The Morgan fingerprint density at radius 2 is 1.90 bits per heavy atom. The third-order valence-electron chi connectivity index (χ3n) is 3.34. The van der Waals surface area contributed by atoms with Gasteiger partial charge < -0.3 is 10.1 Å². The SMILES string of the molecule is CNCc1cc(C)ccc1Oc1cccc(C(C)C)c1. The average Bonchev–Trinajstić information content (AvgIpc) is 2.42. The van der Waals surface area contributed by atoms with Crippen LogP contribution in [0.5, 0.6) is 11.5 Å². The van der Waals surface area contributed by atoms with Crippen molar-refractivity contribution in [2.75, 3.05) is 7.05 Å². The van der Waals surface area contributed by atoms with Gasteiger partial charge in [0.1, 0.15) is 11.5 Å². The summed E-state index contributed by atoms with van der Waals surface area (Å²) in [5, 5.41) is 3.19. The molecule has 20 heavy (non-hydrogen) atoms. The Kier molecular flexibility index (Phi) is 4.80. The summed E-state index contributed by atoms with van der Waals surface area (Å²) in [6.45, 7) is 7.29. The van der Waals surface area contributed by atoms with Gasteiger partial charge in [0.05, 0.1) is 0 Å². The summed E-state index contributed by atoms with van der Waals surface area (Å²) in [6, 6.07) is 14.6. The summed E-state index contributed by atoms with van der Waals surface area (Å²) >= 11 is 0. The lowest BCUT2D eigenvalue weighted by atomic mass is 10.0. The molecule has 0 atom stereocenters. The maximum atomic E-state index is 6.07. The molecule has 2 aromatic rings. The van der Waals surface area contributed by atoms with Crippen LogP contribution in [0, 0.1) is 6.92 Å². The Bertz CT molecular complexity index is 575. The molecule has 0 aromatic heterocycles. The summed E-state index contributed by atoms with van der Waals surface area (Å²) < 4.78 is 6.07. The van der Waals surface area contributed by atoms with Crippen LogP contribution >= 0.6 is 0 Å². The van der Waals surface area contributed by atoms with Gasteiger partial charge in [-0.3, -0.25) is 0 Å². The van der Waals surface area contributed by atoms with Crippen molar-refractivity contribution in [3.8, 4) is 11.5 Å². The molecule has 0 aliphatic rings. The van der Waals surface area contributed by atoms with Crippen LogP contribution in [0.4, 0.5) is 0 Å². The second-order valence-electron chi connectivity index (χ2n) is 5.47. The largest absolute Gasteiger partial charge is 0.457 e. The molecular formula is C18H23NO. The lowest BCUT2D eigenvalue weighted by Gasteiger charge is -2.13. The van der Waals surface area contributed by atoms with Crippen molar-refractivity contribution >= 4 is 0 Å². The quantitative estimate of drug-likeness (QED) is 0.854. The van der Waals surface area contributed by atoms with Gasteiger partial charge in [-0.2, -0.15) is 0 Å². The Labute approximate surface area is 121 Å². The number of rotatable bonds is 5. The van der Waals surface area contributed by atoms with Crippen LogP contribution in [0.1, 0.15) is 36.5 Å². The molecule has 106 valence electrons. The predicted octanol–water partition coefficient (Wildman–Crippen LogP) is 4.63. The molecule has 0 radical (unpaired) electrons. The predicted molar refractivity (Wildman–Crippen MR) is 84.5 cm³/mol. The van der Waals surface area contributed by atoms with Gasteiger partial charge >= 0.3 is 0 Å². The van der Waals surface area contributed by atoms with Crippen LogP contribution in [0.2, 0.25) is 0 Å². The zero-order chi connectivity index (χ0) is 14.5. The van der Waals surface area contributed by atoms with E-state index in [-0.39, 0.29) is 0 Å². The molecule has 0 fully saturated rings. The van der Waals surface area contributed by atoms with Gasteiger partial charge in [-0.25, -0.2) is 0 Å². The van der Waals surface area contributed by atoms with Crippen molar-refractivity contribution in [2.45, 2.75) is 33.2 Å². The third-order valence-corrected chi connectivity index (χ3v) is 3.34. The van der Waals surface area contributed by atoms with Crippen LogP contribution < -0.4 is 10.1 Å². The molecule has 0 unspecified atom stereocenters. The van der Waals surface area contributed by atoms with Gasteiger partial charge in [-0.05, 0) is 43.7 Å². The van der Waals surface area contributed by atoms with E-state index >= 15 is 0 Å². The van der Waals surface area contributed by atoms with E-state index in [2.05, 4.69) is 56.4 Å². The first-order valence-corrected chi connectivity index (χ1v) is 7.12. The van der Waals surface area contributed by atoms with Gasteiger partial charge in [0, 0.05) is 12.1 Å². The number of hydrogen-bond donors (Lipinski definition) is 1. The maximum absolute atomic E-state index is 6.07. The molecule has 0 aliphatic heterocycles. The highest BCUT2D eigenvalue weighted by Crippen LogP contribution is 2.28. The normalized spacial score (nSPS) is 10.8. The highest BCUT2D eigenvalue weighted by Gasteiger charge is 2.06. The third kappa shape index (κ3) is 3.61. The first-order valence-electron chi connectivity index (χ1n) is 7.12. The van der Waals surface area contributed by atoms with Gasteiger partial charge in [0.25, 0.3) is 0 Å². The number of benzene rings is 2. The van der Waals surface area contributed by atoms with E-state index in [1.54, 1.807) is 0 Å². The van der Waals surface area contributed by atoms with E-state index in [4.69, 9.17) is 4.74 Å². The van der Waals surface area contributed by atoms with Crippen molar-refractivity contribution in [1.82, 2.24) is 5.32 Å². The summed E-state index contributed by atoms with van der Waals surface area (Å²) in [4.78, 5) is 0. The molecule has 0 aliphatic carbocycles. The van der Waals surface area contributed by atoms with E-state index in [1.165, 1.54) is 16.7 Å². The number of aryl methyl sites for hydroxylation is 1. The van der Waals surface area contributed by atoms with Gasteiger partial charge in [0.15, 0.2) is 0 Å². The van der Waals surface area contributed by atoms with Crippen molar-refractivity contribution in [1.29, 1.82) is 0 Å². The number of hydrogen-bond acceptors (Lipinski definition) is 2. The lowest BCUT2D eigenvalue weighted by Crippen LogP contribution is -2.06. The first kappa shape index (κ1) is 14.6. The first-order chi connectivity index (χ1) is 9.60. The maximum Gasteiger partial charge on any atom is 0.131 e. The van der Waals surface area contributed by atoms with Crippen LogP contribution in [0.15, 0.2) is 42.5 Å². The Morgan fingerprint density at radius 1 is 1.10 bits per heavy atom. The molecule has 0 heterocycles. The summed E-state index contributed by atoms with van der Waals surface area (Å²) in [7, 11) is 1.95. The fourth-order valence-corrected chi connectivity index (χ4v) is 2.20. The molecule has 2 heteroatoms. The molecule has 2 nitrogen and oxygen atoms in total. The Hall–Kier alpha value is -1.80. The minimum atomic E-state index is 0.508. The van der Waals surface area contributed by atoms with E-state index in [9.17, 15) is 0 Å². The molecule has 0 spiro atoms. The monoisotopic (exact) mass is 269 g/mol. The minimum Gasteiger partial charge on any atom is -0.457 e. The fraction of sp³-hybridized carbons (Fsp3) is 0.333. The van der Waals surface area contributed by atoms with Crippen LogP contribution in [0.3, 0.4) is 0 Å². The number of ether oxygens (including phenoxy) is 1. The van der Waals surface area contributed by atoms with Crippen LogP contribution in [0.25, 0.3) is 0 Å². The Morgan fingerprint density at radius 3 is 2.60 bits per heavy atom. The van der Waals surface area contributed by atoms with Crippen molar-refractivity contribution in [3.63, 3.8) is 0 Å². The summed E-state index contributed by atoms with van der Waals surface area (Å²) in [5.41, 5.74) is 3.73. The molecule has 2 rings (SSSR count). The molecule has 0 amide bonds. The van der Waals surface area contributed by atoms with Crippen LogP contribution in [-0.4, -0.2) is 7.05 Å². The summed E-state index contributed by atoms with van der Waals surface area (Å²) in [5.74, 6) is 2.33. The molecule has 0 bridgehead atoms. The smallest absolute Gasteiger partial charge is 0.131 e. The fourth-order valence-electron chi connectivity index (χ4n) is 2.20. The molecule has 0 saturated heterocycles. The minimum absolute atomic E-state index is 0.508. The molecule has 2 aromatic carbocycles. The van der Waals surface area contributed by atoms with E-state index < -0.39 is 0 Å². The van der Waals surface area contributed by atoms with Gasteiger partial charge in [0.2, 0.25) is 0 Å². The zero-order valence-electron chi connectivity index (χ0n) is 12.7. The lowest BCUT2D eigenvalue weighted by molar-refractivity contribution is 0.473. The highest BCUT2D eigenvalue weighted by molar-refractivity contribution is 5.41. The average molecular weight is 269 g/mol. The van der Waals surface area contributed by atoms with Crippen molar-refractivity contribution < 1.29 is 4.74 Å². The second kappa shape index (κ2) is 6.58. The Balaban J connectivity index is 2.27.